The van der Waals surface area contributed by atoms with Gasteiger partial charge in [0, 0.05) is 10.7 Å². The largest absolute Gasteiger partial charge is 0.493 e. The van der Waals surface area contributed by atoms with Gasteiger partial charge >= 0.3 is 6.03 Å². The standard InChI is InChI=1S/C19H21ClN2O3/c1-12-4-6-14(20)11-15(12)21-18(23)22-19(8-9-19)13-5-7-16(24-2)17(10-13)25-3/h4-7,10-11H,8-9H2,1-3H3,(H2,21,22,23). The van der Waals surface area contributed by atoms with Gasteiger partial charge in [0.05, 0.1) is 19.8 Å². The zero-order valence-corrected chi connectivity index (χ0v) is 15.2. The molecular formula is C19H21ClN2O3. The first-order chi connectivity index (χ1) is 12.0. The van der Waals surface area contributed by atoms with Crippen LogP contribution >= 0.6 is 11.6 Å². The molecule has 1 aliphatic rings. The highest BCUT2D eigenvalue weighted by molar-refractivity contribution is 6.31. The fourth-order valence-corrected chi connectivity index (χ4v) is 3.02. The number of hydrogen-bond donors (Lipinski definition) is 2. The summed E-state index contributed by atoms with van der Waals surface area (Å²) < 4.78 is 10.6. The summed E-state index contributed by atoms with van der Waals surface area (Å²) in [7, 11) is 3.20. The van der Waals surface area contributed by atoms with Gasteiger partial charge in [-0.15, -0.1) is 0 Å². The van der Waals surface area contributed by atoms with Crippen molar-refractivity contribution in [3.8, 4) is 11.5 Å². The second-order valence-electron chi connectivity index (χ2n) is 6.19. The highest BCUT2D eigenvalue weighted by Crippen LogP contribution is 2.47. The average Bonchev–Trinajstić information content (AvgIpc) is 3.38. The molecule has 2 amide bonds. The Hall–Kier alpha value is -2.40. The topological polar surface area (TPSA) is 59.6 Å². The van der Waals surface area contributed by atoms with E-state index >= 15 is 0 Å². The van der Waals surface area contributed by atoms with Crippen LogP contribution in [0.15, 0.2) is 36.4 Å². The Labute approximate surface area is 152 Å². The van der Waals surface area contributed by atoms with E-state index in [2.05, 4.69) is 10.6 Å². The molecule has 132 valence electrons. The van der Waals surface area contributed by atoms with Gasteiger partial charge in [-0.25, -0.2) is 4.79 Å². The van der Waals surface area contributed by atoms with Gasteiger partial charge in [-0.3, -0.25) is 0 Å². The molecule has 6 heteroatoms. The molecule has 25 heavy (non-hydrogen) atoms. The van der Waals surface area contributed by atoms with Gasteiger partial charge in [-0.1, -0.05) is 23.7 Å². The number of benzene rings is 2. The van der Waals surface area contributed by atoms with E-state index in [0.717, 1.165) is 24.0 Å². The van der Waals surface area contributed by atoms with Crippen LogP contribution < -0.4 is 20.1 Å². The fraction of sp³-hybridized carbons (Fsp3) is 0.316. The van der Waals surface area contributed by atoms with E-state index in [9.17, 15) is 4.79 Å². The SMILES string of the molecule is COc1ccc(C2(NC(=O)Nc3cc(Cl)ccc3C)CC2)cc1OC. The van der Waals surface area contributed by atoms with Crippen molar-refractivity contribution in [2.75, 3.05) is 19.5 Å². The first-order valence-electron chi connectivity index (χ1n) is 8.05. The number of carbonyl (C=O) groups is 1. The fourth-order valence-electron chi connectivity index (χ4n) is 2.84. The summed E-state index contributed by atoms with van der Waals surface area (Å²) in [6, 6.07) is 10.9. The monoisotopic (exact) mass is 360 g/mol. The van der Waals surface area contributed by atoms with Gasteiger partial charge < -0.3 is 20.1 Å². The molecule has 1 fully saturated rings. The van der Waals surface area contributed by atoms with Crippen molar-refractivity contribution in [1.82, 2.24) is 5.32 Å². The number of ether oxygens (including phenoxy) is 2. The van der Waals surface area contributed by atoms with Crippen molar-refractivity contribution in [2.24, 2.45) is 0 Å². The normalized spacial score (nSPS) is 14.6. The van der Waals surface area contributed by atoms with Crippen molar-refractivity contribution in [1.29, 1.82) is 0 Å². The molecule has 1 aliphatic carbocycles. The van der Waals surface area contributed by atoms with Crippen molar-refractivity contribution in [3.05, 3.63) is 52.5 Å². The smallest absolute Gasteiger partial charge is 0.319 e. The first kappa shape index (κ1) is 17.4. The zero-order valence-electron chi connectivity index (χ0n) is 14.5. The maximum atomic E-state index is 12.5. The lowest BCUT2D eigenvalue weighted by atomic mass is 10.0. The van der Waals surface area contributed by atoms with Gasteiger partial charge in [0.15, 0.2) is 11.5 Å². The van der Waals surface area contributed by atoms with Crippen LogP contribution in [-0.4, -0.2) is 20.3 Å². The minimum Gasteiger partial charge on any atom is -0.493 e. The summed E-state index contributed by atoms with van der Waals surface area (Å²) in [6.45, 7) is 1.92. The Kier molecular flexibility index (Phi) is 4.77. The Morgan fingerprint density at radius 2 is 1.80 bits per heavy atom. The summed E-state index contributed by atoms with van der Waals surface area (Å²) >= 11 is 6.01. The second kappa shape index (κ2) is 6.84. The maximum absolute atomic E-state index is 12.5. The third-order valence-electron chi connectivity index (χ3n) is 4.49. The molecule has 2 N–H and O–H groups in total. The molecule has 0 spiro atoms. The lowest BCUT2D eigenvalue weighted by Crippen LogP contribution is -2.38. The van der Waals surface area contributed by atoms with Crippen molar-refractivity contribution >= 4 is 23.3 Å². The van der Waals surface area contributed by atoms with Crippen LogP contribution in [0.25, 0.3) is 0 Å². The number of methoxy groups -OCH3 is 2. The van der Waals surface area contributed by atoms with E-state index in [1.807, 2.05) is 31.2 Å². The van der Waals surface area contributed by atoms with Crippen LogP contribution in [0.3, 0.4) is 0 Å². The van der Waals surface area contributed by atoms with Gasteiger partial charge in [0.1, 0.15) is 0 Å². The van der Waals surface area contributed by atoms with E-state index in [4.69, 9.17) is 21.1 Å². The molecule has 2 aromatic rings. The second-order valence-corrected chi connectivity index (χ2v) is 6.63. The van der Waals surface area contributed by atoms with Crippen molar-refractivity contribution in [2.45, 2.75) is 25.3 Å². The van der Waals surface area contributed by atoms with Gasteiger partial charge in [0.2, 0.25) is 0 Å². The number of rotatable bonds is 5. The molecule has 5 nitrogen and oxygen atoms in total. The third-order valence-corrected chi connectivity index (χ3v) is 4.72. The minimum atomic E-state index is -0.365. The molecule has 0 saturated heterocycles. The van der Waals surface area contributed by atoms with Gasteiger partial charge in [-0.2, -0.15) is 0 Å². The van der Waals surface area contributed by atoms with Crippen LogP contribution in [0.5, 0.6) is 11.5 Å². The molecule has 0 aromatic heterocycles. The molecule has 1 saturated carbocycles. The minimum absolute atomic E-state index is 0.252. The van der Waals surface area contributed by atoms with E-state index < -0.39 is 0 Å². The molecule has 0 aliphatic heterocycles. The highest BCUT2D eigenvalue weighted by atomic mass is 35.5. The Bertz CT molecular complexity index is 803. The summed E-state index contributed by atoms with van der Waals surface area (Å²) in [5.41, 5.74) is 2.29. The number of nitrogens with one attached hydrogen (secondary N) is 2. The lowest BCUT2D eigenvalue weighted by Gasteiger charge is -2.20. The Morgan fingerprint density at radius 3 is 2.44 bits per heavy atom. The highest BCUT2D eigenvalue weighted by Gasteiger charge is 2.46. The number of urea groups is 1. The quantitative estimate of drug-likeness (QED) is 0.826. The average molecular weight is 361 g/mol. The predicted octanol–water partition coefficient (Wildman–Crippen LogP) is 4.48. The Balaban J connectivity index is 1.76. The molecule has 0 atom stereocenters. The Morgan fingerprint density at radius 1 is 1.08 bits per heavy atom. The summed E-state index contributed by atoms with van der Waals surface area (Å²) in [5.74, 6) is 1.32. The van der Waals surface area contributed by atoms with Crippen LogP contribution in [0.2, 0.25) is 5.02 Å². The van der Waals surface area contributed by atoms with Crippen LogP contribution in [0, 0.1) is 6.92 Å². The van der Waals surface area contributed by atoms with E-state index in [0.29, 0.717) is 22.2 Å². The van der Waals surface area contributed by atoms with Crippen LogP contribution in [-0.2, 0) is 5.54 Å². The number of amides is 2. The maximum Gasteiger partial charge on any atom is 0.319 e. The van der Waals surface area contributed by atoms with E-state index in [1.165, 1.54) is 0 Å². The van der Waals surface area contributed by atoms with E-state index in [1.54, 1.807) is 26.4 Å². The van der Waals surface area contributed by atoms with Crippen LogP contribution in [0.1, 0.15) is 24.0 Å². The van der Waals surface area contributed by atoms with Gasteiger partial charge in [0.25, 0.3) is 0 Å². The van der Waals surface area contributed by atoms with Crippen LogP contribution in [0.4, 0.5) is 10.5 Å². The molecule has 0 unspecified atom stereocenters. The van der Waals surface area contributed by atoms with E-state index in [-0.39, 0.29) is 11.6 Å². The lowest BCUT2D eigenvalue weighted by molar-refractivity contribution is 0.247. The number of carbonyl (C=O) groups excluding carboxylic acids is 1. The first-order valence-corrected chi connectivity index (χ1v) is 8.43. The van der Waals surface area contributed by atoms with Crippen molar-refractivity contribution in [3.63, 3.8) is 0 Å². The molecule has 0 radical (unpaired) electrons. The molecule has 3 rings (SSSR count). The predicted molar refractivity (Wildman–Crippen MR) is 98.8 cm³/mol. The molecule has 0 heterocycles. The number of anilines is 1. The van der Waals surface area contributed by atoms with Gasteiger partial charge in [-0.05, 0) is 55.2 Å². The third kappa shape index (κ3) is 3.66. The number of aryl methyl sites for hydroxylation is 1. The summed E-state index contributed by atoms with van der Waals surface area (Å²) in [4.78, 5) is 12.5. The molecule has 0 bridgehead atoms. The molecule has 2 aromatic carbocycles. The number of halogens is 1. The number of hydrogen-bond acceptors (Lipinski definition) is 3. The molecular weight excluding hydrogens is 340 g/mol. The van der Waals surface area contributed by atoms with Crippen molar-refractivity contribution < 1.29 is 14.3 Å². The summed E-state index contributed by atoms with van der Waals surface area (Å²) in [5, 5.41) is 6.54. The summed E-state index contributed by atoms with van der Waals surface area (Å²) in [6.07, 6.45) is 1.76. The zero-order chi connectivity index (χ0) is 18.0.